The largest absolute Gasteiger partial charge is 0.279 e. The zero-order valence-electron chi connectivity index (χ0n) is 9.93. The van der Waals surface area contributed by atoms with Gasteiger partial charge < -0.3 is 0 Å². The number of nitrogens with zero attached hydrogens (tertiary/aromatic N) is 1. The van der Waals surface area contributed by atoms with E-state index in [1.165, 1.54) is 5.56 Å². The molecule has 0 atom stereocenters. The summed E-state index contributed by atoms with van der Waals surface area (Å²) in [6, 6.07) is 20.3. The fourth-order valence-corrected chi connectivity index (χ4v) is 1.60. The molecule has 1 N–H and O–H groups in total. The molecule has 0 unspecified atom stereocenters. The number of para-hydroxylation sites is 1. The van der Waals surface area contributed by atoms with Crippen molar-refractivity contribution in [2.24, 2.45) is 5.10 Å². The van der Waals surface area contributed by atoms with Crippen molar-refractivity contribution >= 4 is 11.4 Å². The third-order valence-electron chi connectivity index (χ3n) is 2.45. The molecule has 0 saturated carbocycles. The van der Waals surface area contributed by atoms with Crippen molar-refractivity contribution in [3.63, 3.8) is 0 Å². The predicted molar refractivity (Wildman–Crippen MR) is 73.3 cm³/mol. The van der Waals surface area contributed by atoms with Gasteiger partial charge in [-0.3, -0.25) is 5.43 Å². The van der Waals surface area contributed by atoms with E-state index in [2.05, 4.69) is 22.7 Å². The van der Waals surface area contributed by atoms with Gasteiger partial charge in [0.05, 0.1) is 5.69 Å². The Bertz CT molecular complexity index is 475. The monoisotopic (exact) mass is 224 g/mol. The number of nitrogens with one attached hydrogen (secondary N) is 1. The molecule has 2 aromatic carbocycles. The van der Waals surface area contributed by atoms with Crippen molar-refractivity contribution in [2.45, 2.75) is 13.3 Å². The summed E-state index contributed by atoms with van der Waals surface area (Å²) in [5.74, 6) is 0. The van der Waals surface area contributed by atoms with Crippen LogP contribution in [0.4, 0.5) is 5.69 Å². The molecular weight excluding hydrogens is 208 g/mol. The van der Waals surface area contributed by atoms with Gasteiger partial charge in [-0.05, 0) is 24.6 Å². The topological polar surface area (TPSA) is 24.4 Å². The number of anilines is 1. The smallest absolute Gasteiger partial charge is 0.0561 e. The maximum absolute atomic E-state index is 4.36. The van der Waals surface area contributed by atoms with E-state index in [1.54, 1.807) is 0 Å². The van der Waals surface area contributed by atoms with Crippen molar-refractivity contribution in [1.82, 2.24) is 0 Å². The highest BCUT2D eigenvalue weighted by molar-refractivity contribution is 5.84. The van der Waals surface area contributed by atoms with Gasteiger partial charge >= 0.3 is 0 Å². The Morgan fingerprint density at radius 3 is 2.18 bits per heavy atom. The summed E-state index contributed by atoms with van der Waals surface area (Å²) >= 11 is 0. The molecular formula is C15H16N2. The van der Waals surface area contributed by atoms with Crippen LogP contribution in [0.25, 0.3) is 0 Å². The number of hydrazone groups is 1. The SMILES string of the molecule is C/C(Cc1ccccc1)=N\Nc1ccccc1. The van der Waals surface area contributed by atoms with Crippen molar-refractivity contribution in [1.29, 1.82) is 0 Å². The third kappa shape index (κ3) is 3.76. The summed E-state index contributed by atoms with van der Waals surface area (Å²) in [5.41, 5.74) is 6.42. The number of rotatable bonds is 4. The molecule has 0 bridgehead atoms. The van der Waals surface area contributed by atoms with Gasteiger partial charge in [-0.1, -0.05) is 48.5 Å². The zero-order valence-corrected chi connectivity index (χ0v) is 9.93. The second kappa shape index (κ2) is 5.85. The number of hydrogen-bond donors (Lipinski definition) is 1. The van der Waals surface area contributed by atoms with Crippen LogP contribution in [0.3, 0.4) is 0 Å². The van der Waals surface area contributed by atoms with E-state index in [0.717, 1.165) is 17.8 Å². The van der Waals surface area contributed by atoms with Crippen molar-refractivity contribution in [3.8, 4) is 0 Å². The molecule has 0 fully saturated rings. The van der Waals surface area contributed by atoms with Crippen LogP contribution in [-0.4, -0.2) is 5.71 Å². The lowest BCUT2D eigenvalue weighted by atomic mass is 10.1. The second-order valence-electron chi connectivity index (χ2n) is 3.99. The summed E-state index contributed by atoms with van der Waals surface area (Å²) in [6.07, 6.45) is 0.876. The van der Waals surface area contributed by atoms with Gasteiger partial charge in [0.15, 0.2) is 0 Å². The highest BCUT2D eigenvalue weighted by atomic mass is 15.3. The van der Waals surface area contributed by atoms with Crippen LogP contribution in [0.15, 0.2) is 65.8 Å². The summed E-state index contributed by atoms with van der Waals surface area (Å²) < 4.78 is 0. The molecule has 0 spiro atoms. The molecule has 86 valence electrons. The van der Waals surface area contributed by atoms with Crippen LogP contribution in [0.2, 0.25) is 0 Å². The van der Waals surface area contributed by atoms with E-state index in [-0.39, 0.29) is 0 Å². The fourth-order valence-electron chi connectivity index (χ4n) is 1.60. The summed E-state index contributed by atoms with van der Waals surface area (Å²) in [7, 11) is 0. The average Bonchev–Trinajstić information content (AvgIpc) is 2.39. The summed E-state index contributed by atoms with van der Waals surface area (Å²) in [5, 5.41) is 4.36. The highest BCUT2D eigenvalue weighted by Crippen LogP contribution is 2.06. The quantitative estimate of drug-likeness (QED) is 0.621. The first kappa shape index (κ1) is 11.4. The van der Waals surface area contributed by atoms with Gasteiger partial charge in [0, 0.05) is 12.1 Å². The van der Waals surface area contributed by atoms with E-state index in [4.69, 9.17) is 0 Å². The molecule has 0 saturated heterocycles. The van der Waals surface area contributed by atoms with Crippen LogP contribution >= 0.6 is 0 Å². The zero-order chi connectivity index (χ0) is 11.9. The van der Waals surface area contributed by atoms with Crippen molar-refractivity contribution in [2.75, 3.05) is 5.43 Å². The second-order valence-corrected chi connectivity index (χ2v) is 3.99. The Balaban J connectivity index is 1.94. The molecule has 0 aromatic heterocycles. The molecule has 2 rings (SSSR count). The average molecular weight is 224 g/mol. The normalized spacial score (nSPS) is 11.2. The van der Waals surface area contributed by atoms with E-state index in [9.17, 15) is 0 Å². The minimum absolute atomic E-state index is 0.876. The van der Waals surface area contributed by atoms with E-state index in [1.807, 2.05) is 55.5 Å². The molecule has 0 aliphatic heterocycles. The Morgan fingerprint density at radius 2 is 1.53 bits per heavy atom. The van der Waals surface area contributed by atoms with Gasteiger partial charge in [0.2, 0.25) is 0 Å². The molecule has 2 nitrogen and oxygen atoms in total. The van der Waals surface area contributed by atoms with E-state index < -0.39 is 0 Å². The maximum Gasteiger partial charge on any atom is 0.0561 e. The Kier molecular flexibility index (Phi) is 3.92. The Morgan fingerprint density at radius 1 is 0.941 bits per heavy atom. The highest BCUT2D eigenvalue weighted by Gasteiger charge is 1.95. The standard InChI is InChI=1S/C15H16N2/c1-13(12-14-8-4-2-5-9-14)16-17-15-10-6-3-7-11-15/h2-11,17H,12H2,1H3/b16-13+. The van der Waals surface area contributed by atoms with Crippen molar-refractivity contribution in [3.05, 3.63) is 66.2 Å². The van der Waals surface area contributed by atoms with Gasteiger partial charge in [0.1, 0.15) is 0 Å². The summed E-state index contributed by atoms with van der Waals surface area (Å²) in [4.78, 5) is 0. The minimum atomic E-state index is 0.876. The number of benzene rings is 2. The predicted octanol–water partition coefficient (Wildman–Crippen LogP) is 3.72. The van der Waals surface area contributed by atoms with Gasteiger partial charge in [-0.15, -0.1) is 0 Å². The number of hydrogen-bond acceptors (Lipinski definition) is 2. The molecule has 0 heterocycles. The Labute approximate surface area is 102 Å². The molecule has 0 radical (unpaired) electrons. The Hall–Kier alpha value is -2.09. The van der Waals surface area contributed by atoms with Crippen LogP contribution in [0.1, 0.15) is 12.5 Å². The van der Waals surface area contributed by atoms with Crippen LogP contribution in [0, 0.1) is 0 Å². The van der Waals surface area contributed by atoms with E-state index >= 15 is 0 Å². The molecule has 0 aliphatic carbocycles. The molecule has 2 aromatic rings. The van der Waals surface area contributed by atoms with Gasteiger partial charge in [-0.25, -0.2) is 0 Å². The lowest BCUT2D eigenvalue weighted by Gasteiger charge is -2.03. The van der Waals surface area contributed by atoms with Crippen molar-refractivity contribution < 1.29 is 0 Å². The van der Waals surface area contributed by atoms with Crippen LogP contribution < -0.4 is 5.43 Å². The first-order valence-electron chi connectivity index (χ1n) is 5.73. The van der Waals surface area contributed by atoms with Gasteiger partial charge in [0.25, 0.3) is 0 Å². The lowest BCUT2D eigenvalue weighted by molar-refractivity contribution is 1.24. The first-order valence-corrected chi connectivity index (χ1v) is 5.73. The molecule has 2 heteroatoms. The first-order chi connectivity index (χ1) is 8.34. The lowest BCUT2D eigenvalue weighted by Crippen LogP contribution is -2.01. The maximum atomic E-state index is 4.36. The van der Waals surface area contributed by atoms with Crippen LogP contribution in [0.5, 0.6) is 0 Å². The molecule has 0 aliphatic rings. The van der Waals surface area contributed by atoms with Gasteiger partial charge in [-0.2, -0.15) is 5.10 Å². The third-order valence-corrected chi connectivity index (χ3v) is 2.45. The van der Waals surface area contributed by atoms with Crippen LogP contribution in [-0.2, 0) is 6.42 Å². The molecule has 17 heavy (non-hydrogen) atoms. The van der Waals surface area contributed by atoms with E-state index in [0.29, 0.717) is 0 Å². The fraction of sp³-hybridized carbons (Fsp3) is 0.133. The summed E-state index contributed by atoms with van der Waals surface area (Å²) in [6.45, 7) is 2.03. The minimum Gasteiger partial charge on any atom is -0.279 e. The molecule has 0 amide bonds.